The average molecular weight is 450 g/mol. The van der Waals surface area contributed by atoms with Crippen molar-refractivity contribution in [2.24, 2.45) is 5.92 Å². The zero-order valence-corrected chi connectivity index (χ0v) is 18.1. The molecule has 32 heavy (non-hydrogen) atoms. The van der Waals surface area contributed by atoms with E-state index in [1.54, 1.807) is 24.8 Å². The number of hydrogen-bond donors (Lipinski definition) is 0. The van der Waals surface area contributed by atoms with Crippen LogP contribution in [0.3, 0.4) is 0 Å². The average Bonchev–Trinajstić information content (AvgIpc) is 3.52. The summed E-state index contributed by atoms with van der Waals surface area (Å²) in [6.45, 7) is 0.647. The molecule has 0 radical (unpaired) electrons. The normalized spacial score (nSPS) is 13.7. The van der Waals surface area contributed by atoms with Crippen LogP contribution >= 0.6 is 11.3 Å². The van der Waals surface area contributed by atoms with Crippen molar-refractivity contribution in [2.45, 2.75) is 12.8 Å². The van der Waals surface area contributed by atoms with Crippen molar-refractivity contribution in [3.05, 3.63) is 75.7 Å². The molecule has 4 aromatic rings. The molecule has 0 amide bonds. The molecule has 0 N–H and O–H groups in total. The second kappa shape index (κ2) is 8.55. The Labute approximate surface area is 187 Å². The maximum atomic E-state index is 13.4. The molecular formula is C24H20FN3O3S. The standard InChI is InChI=1S/C24H20FN3O3S/c1-30-19-4-2-3-16(22(19)31-14-15-5-6-15)7-9-18-21(17-8-10-20(25)26-13-17)23(29)28-11-12-32-24(28)27-18/h2-4,7-13,15H,5-6,14H2,1H3/b9-7+. The van der Waals surface area contributed by atoms with Crippen LogP contribution in [-0.2, 0) is 0 Å². The van der Waals surface area contributed by atoms with Gasteiger partial charge < -0.3 is 9.47 Å². The monoisotopic (exact) mass is 449 g/mol. The molecule has 0 atom stereocenters. The number of fused-ring (bicyclic) bond motifs is 1. The van der Waals surface area contributed by atoms with Gasteiger partial charge in [0.25, 0.3) is 5.56 Å². The van der Waals surface area contributed by atoms with Crippen LogP contribution in [0.4, 0.5) is 4.39 Å². The van der Waals surface area contributed by atoms with Gasteiger partial charge in [-0.15, -0.1) is 11.3 Å². The zero-order valence-electron chi connectivity index (χ0n) is 17.3. The molecule has 8 heteroatoms. The lowest BCUT2D eigenvalue weighted by atomic mass is 10.1. The van der Waals surface area contributed by atoms with Gasteiger partial charge in [0.05, 0.1) is 25.0 Å². The summed E-state index contributed by atoms with van der Waals surface area (Å²) in [6.07, 6.45) is 9.03. The zero-order chi connectivity index (χ0) is 22.1. The first-order valence-electron chi connectivity index (χ1n) is 10.2. The number of thiazole rings is 1. The number of benzene rings is 1. The van der Waals surface area contributed by atoms with Gasteiger partial charge in [0.2, 0.25) is 5.95 Å². The van der Waals surface area contributed by atoms with Gasteiger partial charge in [0.15, 0.2) is 16.5 Å². The molecule has 162 valence electrons. The fourth-order valence-corrected chi connectivity index (χ4v) is 4.16. The van der Waals surface area contributed by atoms with Crippen molar-refractivity contribution in [1.82, 2.24) is 14.4 Å². The van der Waals surface area contributed by atoms with Crippen molar-refractivity contribution in [2.75, 3.05) is 13.7 Å². The van der Waals surface area contributed by atoms with E-state index in [4.69, 9.17) is 9.47 Å². The Morgan fingerprint density at radius 1 is 1.25 bits per heavy atom. The van der Waals surface area contributed by atoms with E-state index in [2.05, 4.69) is 9.97 Å². The van der Waals surface area contributed by atoms with Crippen LogP contribution in [-0.4, -0.2) is 28.1 Å². The topological polar surface area (TPSA) is 65.7 Å². The maximum Gasteiger partial charge on any atom is 0.267 e. The number of rotatable bonds is 7. The van der Waals surface area contributed by atoms with Crippen molar-refractivity contribution in [1.29, 1.82) is 0 Å². The second-order valence-electron chi connectivity index (χ2n) is 7.57. The fraction of sp³-hybridized carbons (Fsp3) is 0.208. The Hall–Kier alpha value is -3.52. The van der Waals surface area contributed by atoms with Gasteiger partial charge in [-0.1, -0.05) is 12.1 Å². The van der Waals surface area contributed by atoms with Gasteiger partial charge in [-0.05, 0) is 49.1 Å². The van der Waals surface area contributed by atoms with E-state index in [1.165, 1.54) is 46.9 Å². The van der Waals surface area contributed by atoms with Crippen LogP contribution in [0.1, 0.15) is 24.1 Å². The van der Waals surface area contributed by atoms with E-state index in [9.17, 15) is 9.18 Å². The first-order chi connectivity index (χ1) is 15.6. The number of para-hydroxylation sites is 1. The van der Waals surface area contributed by atoms with Crippen LogP contribution in [0.25, 0.3) is 28.2 Å². The van der Waals surface area contributed by atoms with Crippen LogP contribution in [0.5, 0.6) is 11.5 Å². The predicted octanol–water partition coefficient (Wildman–Crippen LogP) is 4.92. The predicted molar refractivity (Wildman–Crippen MR) is 123 cm³/mol. The van der Waals surface area contributed by atoms with Crippen LogP contribution in [0.2, 0.25) is 0 Å². The van der Waals surface area contributed by atoms with E-state index in [-0.39, 0.29) is 5.56 Å². The van der Waals surface area contributed by atoms with E-state index >= 15 is 0 Å². The minimum absolute atomic E-state index is 0.236. The highest BCUT2D eigenvalue weighted by Gasteiger charge is 2.23. The summed E-state index contributed by atoms with van der Waals surface area (Å²) in [6, 6.07) is 8.44. The van der Waals surface area contributed by atoms with Crippen molar-refractivity contribution in [3.63, 3.8) is 0 Å². The highest BCUT2D eigenvalue weighted by atomic mass is 32.1. The number of ether oxygens (including phenoxy) is 2. The Morgan fingerprint density at radius 2 is 2.12 bits per heavy atom. The molecule has 1 aliphatic carbocycles. The Bertz CT molecular complexity index is 1360. The molecule has 0 spiro atoms. The summed E-state index contributed by atoms with van der Waals surface area (Å²) in [5.74, 6) is 1.30. The number of pyridine rings is 1. The van der Waals surface area contributed by atoms with Crippen LogP contribution in [0.15, 0.2) is 52.9 Å². The molecule has 3 heterocycles. The molecule has 1 aromatic carbocycles. The number of methoxy groups -OCH3 is 1. The summed E-state index contributed by atoms with van der Waals surface area (Å²) < 4.78 is 26.4. The van der Waals surface area contributed by atoms with Crippen molar-refractivity contribution < 1.29 is 13.9 Å². The lowest BCUT2D eigenvalue weighted by Crippen LogP contribution is -2.17. The van der Waals surface area contributed by atoms with E-state index < -0.39 is 5.95 Å². The smallest absolute Gasteiger partial charge is 0.267 e. The van der Waals surface area contributed by atoms with Crippen molar-refractivity contribution >= 4 is 28.4 Å². The summed E-state index contributed by atoms with van der Waals surface area (Å²) >= 11 is 1.37. The highest BCUT2D eigenvalue weighted by molar-refractivity contribution is 7.15. The van der Waals surface area contributed by atoms with Crippen LogP contribution in [0, 0.1) is 11.9 Å². The SMILES string of the molecule is COc1cccc(/C=C/c2nc3sccn3c(=O)c2-c2ccc(F)nc2)c1OCC1CC1. The Morgan fingerprint density at radius 3 is 2.88 bits per heavy atom. The largest absolute Gasteiger partial charge is 0.493 e. The molecule has 0 bridgehead atoms. The Kier molecular flexibility index (Phi) is 5.45. The molecule has 0 unspecified atom stereocenters. The molecule has 6 nitrogen and oxygen atoms in total. The number of aromatic nitrogens is 3. The van der Waals surface area contributed by atoms with Gasteiger partial charge in [-0.3, -0.25) is 9.20 Å². The third-order valence-corrected chi connectivity index (χ3v) is 6.08. The second-order valence-corrected chi connectivity index (χ2v) is 8.44. The summed E-state index contributed by atoms with van der Waals surface area (Å²) in [5, 5.41) is 1.80. The molecule has 3 aromatic heterocycles. The third kappa shape index (κ3) is 4.01. The molecule has 1 fully saturated rings. The summed E-state index contributed by atoms with van der Waals surface area (Å²) in [4.78, 5) is 22.1. The molecule has 1 saturated carbocycles. The van der Waals surface area contributed by atoms with Crippen LogP contribution < -0.4 is 15.0 Å². The minimum atomic E-state index is -0.607. The molecule has 1 aliphatic rings. The van der Waals surface area contributed by atoms with Gasteiger partial charge in [-0.25, -0.2) is 9.97 Å². The quantitative estimate of drug-likeness (QED) is 0.375. The summed E-state index contributed by atoms with van der Waals surface area (Å²) in [5.41, 5.74) is 1.91. The van der Waals surface area contributed by atoms with E-state index in [0.29, 0.717) is 45.8 Å². The van der Waals surface area contributed by atoms with Gasteiger partial charge >= 0.3 is 0 Å². The lowest BCUT2D eigenvalue weighted by molar-refractivity contribution is 0.280. The van der Waals surface area contributed by atoms with Gasteiger partial charge in [-0.2, -0.15) is 4.39 Å². The van der Waals surface area contributed by atoms with Crippen molar-refractivity contribution in [3.8, 4) is 22.6 Å². The molecule has 5 rings (SSSR count). The first-order valence-corrected chi connectivity index (χ1v) is 11.1. The van der Waals surface area contributed by atoms with Gasteiger partial charge in [0.1, 0.15) is 0 Å². The molecular weight excluding hydrogens is 429 g/mol. The fourth-order valence-electron chi connectivity index (χ4n) is 3.45. The Balaban J connectivity index is 1.60. The highest BCUT2D eigenvalue weighted by Crippen LogP contribution is 2.36. The van der Waals surface area contributed by atoms with E-state index in [0.717, 1.165) is 5.56 Å². The maximum absolute atomic E-state index is 13.4. The molecule has 0 saturated heterocycles. The minimum Gasteiger partial charge on any atom is -0.493 e. The number of nitrogens with zero attached hydrogens (tertiary/aromatic N) is 3. The first kappa shape index (κ1) is 20.4. The lowest BCUT2D eigenvalue weighted by Gasteiger charge is -2.13. The van der Waals surface area contributed by atoms with E-state index in [1.807, 2.05) is 24.3 Å². The third-order valence-electron chi connectivity index (χ3n) is 5.32. The van der Waals surface area contributed by atoms with Gasteiger partial charge in [0, 0.05) is 28.9 Å². The molecule has 0 aliphatic heterocycles. The number of hydrogen-bond acceptors (Lipinski definition) is 6. The number of halogens is 1. The summed E-state index contributed by atoms with van der Waals surface area (Å²) in [7, 11) is 1.61.